The van der Waals surface area contributed by atoms with Crippen LogP contribution in [0.25, 0.3) is 10.8 Å². The van der Waals surface area contributed by atoms with E-state index in [1.165, 1.54) is 16.3 Å². The highest BCUT2D eigenvalue weighted by Gasteiger charge is 2.23. The highest BCUT2D eigenvalue weighted by atomic mass is 16.6. The van der Waals surface area contributed by atoms with Crippen LogP contribution in [-0.2, 0) is 20.8 Å². The highest BCUT2D eigenvalue weighted by Crippen LogP contribution is 2.20. The van der Waals surface area contributed by atoms with E-state index in [9.17, 15) is 9.59 Å². The lowest BCUT2D eigenvalue weighted by molar-refractivity contribution is 0.00995. The van der Waals surface area contributed by atoms with Gasteiger partial charge < -0.3 is 19.5 Å². The van der Waals surface area contributed by atoms with Gasteiger partial charge in [0.05, 0.1) is 12.7 Å². The molecule has 9 nitrogen and oxygen atoms in total. The Hall–Kier alpha value is -3.17. The van der Waals surface area contributed by atoms with Gasteiger partial charge in [-0.1, -0.05) is 36.4 Å². The van der Waals surface area contributed by atoms with E-state index in [0.29, 0.717) is 19.2 Å². The van der Waals surface area contributed by atoms with E-state index in [-0.39, 0.29) is 12.1 Å². The number of amides is 2. The second-order valence-electron chi connectivity index (χ2n) is 11.9. The zero-order valence-corrected chi connectivity index (χ0v) is 24.1. The minimum Gasteiger partial charge on any atom is -0.444 e. The summed E-state index contributed by atoms with van der Waals surface area (Å²) in [5, 5.41) is 11.1. The molecule has 1 fully saturated rings. The van der Waals surface area contributed by atoms with Crippen molar-refractivity contribution in [3.63, 3.8) is 0 Å². The van der Waals surface area contributed by atoms with Crippen LogP contribution in [0, 0.1) is 0 Å². The van der Waals surface area contributed by atoms with Crippen LogP contribution in [0.1, 0.15) is 72.8 Å². The molecule has 214 valence electrons. The molecule has 1 aliphatic rings. The van der Waals surface area contributed by atoms with Gasteiger partial charge in [-0.2, -0.15) is 0 Å². The van der Waals surface area contributed by atoms with Crippen molar-refractivity contribution in [2.45, 2.75) is 97.2 Å². The maximum Gasteiger partial charge on any atom is 0.414 e. The minimum atomic E-state index is -0.697. The Morgan fingerprint density at radius 3 is 2.23 bits per heavy atom. The van der Waals surface area contributed by atoms with Crippen molar-refractivity contribution in [3.05, 3.63) is 48.0 Å². The normalized spacial score (nSPS) is 17.8. The number of piperidine rings is 1. The summed E-state index contributed by atoms with van der Waals surface area (Å²) in [7, 11) is 0. The van der Waals surface area contributed by atoms with E-state index >= 15 is 0 Å². The molecular weight excluding hydrogens is 496 g/mol. The van der Waals surface area contributed by atoms with E-state index in [1.807, 2.05) is 0 Å². The Labute approximate surface area is 232 Å². The lowest BCUT2D eigenvalue weighted by atomic mass is 9.98. The predicted molar refractivity (Wildman–Crippen MR) is 154 cm³/mol. The van der Waals surface area contributed by atoms with Gasteiger partial charge in [-0.25, -0.2) is 9.59 Å². The Balaban J connectivity index is 1.47. The molecule has 0 aliphatic carbocycles. The van der Waals surface area contributed by atoms with Gasteiger partial charge in [0.1, 0.15) is 11.2 Å². The Morgan fingerprint density at radius 1 is 0.949 bits per heavy atom. The van der Waals surface area contributed by atoms with Crippen molar-refractivity contribution in [1.29, 1.82) is 0 Å². The number of guanidine groups is 1. The van der Waals surface area contributed by atoms with Gasteiger partial charge in [0, 0.05) is 12.6 Å². The predicted octanol–water partition coefficient (Wildman–Crippen LogP) is 5.66. The number of rotatable bonds is 7. The highest BCUT2D eigenvalue weighted by molar-refractivity contribution is 6.01. The third-order valence-electron chi connectivity index (χ3n) is 5.97. The standard InChI is InChI=1S/C30H44N4O5/c1-29(2,3)38-27(35)33-26(34-28(36)39-30(4,5)6)32-16-9-12-24-19-25(15-17-31-24)37-20-21-13-14-22-10-7-8-11-23(22)18-21/h7-8,10-11,13-14,18,24-25,31H,9,12,15-17,19-20H2,1-6H3,(H2,32,33,34,35,36). The van der Waals surface area contributed by atoms with E-state index in [4.69, 9.17) is 14.2 Å². The van der Waals surface area contributed by atoms with E-state index in [1.54, 1.807) is 41.5 Å². The minimum absolute atomic E-state index is 0.00620. The third-order valence-corrected chi connectivity index (χ3v) is 5.97. The number of carbonyl (C=O) groups is 2. The van der Waals surface area contributed by atoms with Crippen LogP contribution in [0.5, 0.6) is 0 Å². The largest absolute Gasteiger partial charge is 0.444 e. The summed E-state index contributed by atoms with van der Waals surface area (Å²) < 4.78 is 16.9. The summed E-state index contributed by atoms with van der Waals surface area (Å²) in [6.45, 7) is 12.5. The molecule has 0 bridgehead atoms. The van der Waals surface area contributed by atoms with Crippen LogP contribution in [0.3, 0.4) is 0 Å². The fourth-order valence-electron chi connectivity index (χ4n) is 4.32. The van der Waals surface area contributed by atoms with E-state index in [2.05, 4.69) is 63.4 Å². The zero-order chi connectivity index (χ0) is 28.5. The van der Waals surface area contributed by atoms with Crippen LogP contribution in [0.2, 0.25) is 0 Å². The van der Waals surface area contributed by atoms with Crippen LogP contribution in [-0.4, -0.2) is 54.6 Å². The molecule has 2 aromatic carbocycles. The second-order valence-corrected chi connectivity index (χ2v) is 11.9. The molecule has 1 aliphatic heterocycles. The van der Waals surface area contributed by atoms with Gasteiger partial charge in [0.25, 0.3) is 0 Å². The number of nitrogens with one attached hydrogen (secondary N) is 3. The Morgan fingerprint density at radius 2 is 1.59 bits per heavy atom. The number of fused-ring (bicyclic) bond motifs is 1. The number of ether oxygens (including phenoxy) is 3. The number of hydrogen-bond donors (Lipinski definition) is 3. The van der Waals surface area contributed by atoms with Crippen LogP contribution in [0.15, 0.2) is 47.5 Å². The van der Waals surface area contributed by atoms with Crippen molar-refractivity contribution in [3.8, 4) is 0 Å². The van der Waals surface area contributed by atoms with Crippen molar-refractivity contribution in [2.24, 2.45) is 4.99 Å². The summed E-state index contributed by atoms with van der Waals surface area (Å²) >= 11 is 0. The molecular formula is C30H44N4O5. The van der Waals surface area contributed by atoms with Gasteiger partial charge in [0.2, 0.25) is 5.96 Å². The summed E-state index contributed by atoms with van der Waals surface area (Å²) in [5.74, 6) is 0.00620. The fourth-order valence-corrected chi connectivity index (χ4v) is 4.32. The topological polar surface area (TPSA) is 110 Å². The molecule has 3 rings (SSSR count). The van der Waals surface area contributed by atoms with Gasteiger partial charge in [-0.3, -0.25) is 15.6 Å². The second kappa shape index (κ2) is 13.8. The van der Waals surface area contributed by atoms with E-state index < -0.39 is 23.4 Å². The first-order chi connectivity index (χ1) is 18.4. The SMILES string of the molecule is CC(C)(C)OC(=O)NC(=NCCCC1CC(OCc2ccc3ccccc3c2)CCN1)NC(=O)OC(C)(C)C. The molecule has 3 N–H and O–H groups in total. The van der Waals surface area contributed by atoms with Gasteiger partial charge in [-0.05, 0) is 96.2 Å². The molecule has 39 heavy (non-hydrogen) atoms. The molecule has 2 atom stereocenters. The first kappa shape index (κ1) is 30.4. The van der Waals surface area contributed by atoms with Gasteiger partial charge in [-0.15, -0.1) is 0 Å². The molecule has 1 heterocycles. The molecule has 9 heteroatoms. The lowest BCUT2D eigenvalue weighted by Gasteiger charge is -2.30. The number of aliphatic imine (C=N–C) groups is 1. The Bertz CT molecular complexity index is 1100. The molecule has 0 aromatic heterocycles. The van der Waals surface area contributed by atoms with Crippen LogP contribution in [0.4, 0.5) is 9.59 Å². The summed E-state index contributed by atoms with van der Waals surface area (Å²) in [4.78, 5) is 28.9. The van der Waals surface area contributed by atoms with Crippen LogP contribution < -0.4 is 16.0 Å². The van der Waals surface area contributed by atoms with Gasteiger partial charge >= 0.3 is 12.2 Å². The molecule has 0 saturated carbocycles. The number of nitrogens with zero attached hydrogens (tertiary/aromatic N) is 1. The number of hydrogen-bond acceptors (Lipinski definition) is 7. The number of benzene rings is 2. The smallest absolute Gasteiger partial charge is 0.414 e. The van der Waals surface area contributed by atoms with Crippen molar-refractivity contribution < 1.29 is 23.8 Å². The van der Waals surface area contributed by atoms with E-state index in [0.717, 1.165) is 32.2 Å². The number of alkyl carbamates (subject to hydrolysis) is 2. The Kier molecular flexibility index (Phi) is 10.7. The monoisotopic (exact) mass is 540 g/mol. The van der Waals surface area contributed by atoms with Crippen LogP contribution >= 0.6 is 0 Å². The molecule has 2 amide bonds. The zero-order valence-electron chi connectivity index (χ0n) is 24.1. The quantitative estimate of drug-likeness (QED) is 0.237. The van der Waals surface area contributed by atoms with Crippen molar-refractivity contribution in [1.82, 2.24) is 16.0 Å². The fraction of sp³-hybridized carbons (Fsp3) is 0.567. The first-order valence-electron chi connectivity index (χ1n) is 13.7. The maximum atomic E-state index is 12.3. The molecule has 0 spiro atoms. The summed E-state index contributed by atoms with van der Waals surface area (Å²) in [5.41, 5.74) is -0.179. The lowest BCUT2D eigenvalue weighted by Crippen LogP contribution is -2.47. The van der Waals surface area contributed by atoms with Crippen molar-refractivity contribution in [2.75, 3.05) is 13.1 Å². The third kappa shape index (κ3) is 11.6. The average Bonchev–Trinajstić information content (AvgIpc) is 2.83. The first-order valence-corrected chi connectivity index (χ1v) is 13.7. The summed E-state index contributed by atoms with van der Waals surface area (Å²) in [6, 6.07) is 15.1. The number of carbonyl (C=O) groups excluding carboxylic acids is 2. The van der Waals surface area contributed by atoms with Gasteiger partial charge in [0.15, 0.2) is 0 Å². The molecule has 1 saturated heterocycles. The average molecular weight is 541 g/mol. The van der Waals surface area contributed by atoms with Crippen molar-refractivity contribution >= 4 is 28.9 Å². The maximum absolute atomic E-state index is 12.3. The molecule has 2 aromatic rings. The molecule has 0 radical (unpaired) electrons. The molecule has 2 unspecified atom stereocenters. The summed E-state index contributed by atoms with van der Waals surface area (Å²) in [6.07, 6.45) is 2.37.